The first kappa shape index (κ1) is 18.4. The fourth-order valence-corrected chi connectivity index (χ4v) is 3.73. The van der Waals surface area contributed by atoms with Crippen molar-refractivity contribution in [2.24, 2.45) is 5.92 Å². The van der Waals surface area contributed by atoms with Crippen molar-refractivity contribution < 1.29 is 4.74 Å². The van der Waals surface area contributed by atoms with E-state index in [-0.39, 0.29) is 0 Å². The van der Waals surface area contributed by atoms with Gasteiger partial charge in [0, 0.05) is 17.6 Å². The van der Waals surface area contributed by atoms with Gasteiger partial charge in [-0.1, -0.05) is 64.9 Å². The lowest BCUT2D eigenvalue weighted by molar-refractivity contribution is 0.281. The summed E-state index contributed by atoms with van der Waals surface area (Å²) in [6.45, 7) is 7.02. The Bertz CT molecular complexity index is 736. The molecule has 3 rings (SSSR count). The van der Waals surface area contributed by atoms with E-state index in [2.05, 4.69) is 65.0 Å². The molecule has 0 unspecified atom stereocenters. The average molecular weight is 418 g/mol. The summed E-state index contributed by atoms with van der Waals surface area (Å²) >= 11 is 9.37. The number of hydrogen-bond acceptors (Lipinski definition) is 2. The number of nitrogens with zero attached hydrogens (tertiary/aromatic N) is 1. The maximum atomic E-state index is 6.12. The molecule has 132 valence electrons. The first-order valence-electron chi connectivity index (χ1n) is 8.80. The van der Waals surface area contributed by atoms with Crippen LogP contribution in [-0.2, 0) is 6.61 Å². The van der Waals surface area contributed by atoms with E-state index in [0.717, 1.165) is 45.3 Å². The standard InChI is InChI=1S/C21H24BrNOS/c1-15-3-5-17(6-4-15)14-24-20-8-7-18(22)13-19(20)21(25)23-11-9-16(2)10-12-23/h3-8,13,16H,9-12,14H2,1-2H3. The van der Waals surface area contributed by atoms with Gasteiger partial charge in [-0.3, -0.25) is 0 Å². The van der Waals surface area contributed by atoms with Crippen LogP contribution in [0.4, 0.5) is 0 Å². The predicted molar refractivity (Wildman–Crippen MR) is 111 cm³/mol. The number of likely N-dealkylation sites (tertiary alicyclic amines) is 1. The molecule has 0 saturated carbocycles. The van der Waals surface area contributed by atoms with Crippen LogP contribution in [0.25, 0.3) is 0 Å². The first-order valence-corrected chi connectivity index (χ1v) is 10.0. The number of ether oxygens (including phenoxy) is 1. The normalized spacial score (nSPS) is 15.2. The molecule has 1 aliphatic rings. The van der Waals surface area contributed by atoms with Crippen LogP contribution in [-0.4, -0.2) is 23.0 Å². The lowest BCUT2D eigenvalue weighted by Crippen LogP contribution is -2.37. The van der Waals surface area contributed by atoms with E-state index in [1.807, 2.05) is 12.1 Å². The summed E-state index contributed by atoms with van der Waals surface area (Å²) in [6, 6.07) is 14.5. The minimum absolute atomic E-state index is 0.550. The lowest BCUT2D eigenvalue weighted by atomic mass is 9.99. The Kier molecular flexibility index (Phi) is 6.13. The third-order valence-corrected chi connectivity index (χ3v) is 5.73. The SMILES string of the molecule is Cc1ccc(COc2ccc(Br)cc2C(=S)N2CCC(C)CC2)cc1. The Labute approximate surface area is 164 Å². The minimum Gasteiger partial charge on any atom is -0.488 e. The number of benzene rings is 2. The third kappa shape index (κ3) is 4.83. The fraction of sp³-hybridized carbons (Fsp3) is 0.381. The molecule has 1 fully saturated rings. The molecule has 2 aromatic carbocycles. The molecule has 0 atom stereocenters. The molecule has 4 heteroatoms. The van der Waals surface area contributed by atoms with Gasteiger partial charge in [-0.25, -0.2) is 0 Å². The second-order valence-corrected chi connectivity index (χ2v) is 8.19. The highest BCUT2D eigenvalue weighted by Crippen LogP contribution is 2.28. The molecule has 0 radical (unpaired) electrons. The first-order chi connectivity index (χ1) is 12.0. The van der Waals surface area contributed by atoms with Crippen LogP contribution in [0.2, 0.25) is 0 Å². The van der Waals surface area contributed by atoms with Crippen LogP contribution in [0.3, 0.4) is 0 Å². The van der Waals surface area contributed by atoms with Gasteiger partial charge in [0.2, 0.25) is 0 Å². The van der Waals surface area contributed by atoms with Crippen LogP contribution in [0.1, 0.15) is 36.5 Å². The highest BCUT2D eigenvalue weighted by Gasteiger charge is 2.21. The summed E-state index contributed by atoms with van der Waals surface area (Å²) in [7, 11) is 0. The molecule has 0 spiro atoms. The zero-order chi connectivity index (χ0) is 17.8. The molecule has 1 heterocycles. The Balaban J connectivity index is 1.75. The van der Waals surface area contributed by atoms with E-state index in [1.165, 1.54) is 18.4 Å². The van der Waals surface area contributed by atoms with Gasteiger partial charge >= 0.3 is 0 Å². The second-order valence-electron chi connectivity index (χ2n) is 6.89. The van der Waals surface area contributed by atoms with E-state index in [1.54, 1.807) is 0 Å². The maximum absolute atomic E-state index is 6.12. The van der Waals surface area contributed by atoms with Gasteiger partial charge in [-0.15, -0.1) is 0 Å². The van der Waals surface area contributed by atoms with E-state index in [9.17, 15) is 0 Å². The Hall–Kier alpha value is -1.39. The third-order valence-electron chi connectivity index (χ3n) is 4.76. The maximum Gasteiger partial charge on any atom is 0.130 e. The number of piperidine rings is 1. The van der Waals surface area contributed by atoms with Crippen molar-refractivity contribution in [2.45, 2.75) is 33.3 Å². The molecular weight excluding hydrogens is 394 g/mol. The van der Waals surface area contributed by atoms with E-state index >= 15 is 0 Å². The van der Waals surface area contributed by atoms with Crippen molar-refractivity contribution in [3.05, 3.63) is 63.6 Å². The molecular formula is C21H24BrNOS. The average Bonchev–Trinajstić information content (AvgIpc) is 2.62. The zero-order valence-electron chi connectivity index (χ0n) is 14.8. The van der Waals surface area contributed by atoms with Gasteiger partial charge in [-0.05, 0) is 49.4 Å². The molecule has 0 amide bonds. The smallest absolute Gasteiger partial charge is 0.130 e. The molecule has 2 nitrogen and oxygen atoms in total. The predicted octanol–water partition coefficient (Wildman–Crippen LogP) is 5.74. The highest BCUT2D eigenvalue weighted by molar-refractivity contribution is 9.10. The topological polar surface area (TPSA) is 12.5 Å². The zero-order valence-corrected chi connectivity index (χ0v) is 17.2. The van der Waals surface area contributed by atoms with Crippen LogP contribution >= 0.6 is 28.1 Å². The van der Waals surface area contributed by atoms with E-state index in [4.69, 9.17) is 17.0 Å². The summed E-state index contributed by atoms with van der Waals surface area (Å²) in [5.74, 6) is 1.64. The fourth-order valence-electron chi connectivity index (χ4n) is 3.02. The summed E-state index contributed by atoms with van der Waals surface area (Å²) < 4.78 is 7.14. The number of rotatable bonds is 4. The molecule has 0 aliphatic carbocycles. The second kappa shape index (κ2) is 8.33. The summed E-state index contributed by atoms with van der Waals surface area (Å²) in [5.41, 5.74) is 3.43. The van der Waals surface area contributed by atoms with Gasteiger partial charge in [-0.2, -0.15) is 0 Å². The van der Waals surface area contributed by atoms with Crippen molar-refractivity contribution >= 4 is 33.1 Å². The number of hydrogen-bond donors (Lipinski definition) is 0. The molecule has 1 aliphatic heterocycles. The van der Waals surface area contributed by atoms with Gasteiger partial charge in [0.1, 0.15) is 17.3 Å². The van der Waals surface area contributed by atoms with E-state index < -0.39 is 0 Å². The number of halogens is 1. The summed E-state index contributed by atoms with van der Waals surface area (Å²) in [5, 5.41) is 0. The minimum atomic E-state index is 0.550. The quantitative estimate of drug-likeness (QED) is 0.588. The largest absolute Gasteiger partial charge is 0.488 e. The Morgan fingerprint density at radius 3 is 2.52 bits per heavy atom. The monoisotopic (exact) mass is 417 g/mol. The Morgan fingerprint density at radius 1 is 1.16 bits per heavy atom. The van der Waals surface area contributed by atoms with Gasteiger partial charge in [0.15, 0.2) is 0 Å². The van der Waals surface area contributed by atoms with Crippen molar-refractivity contribution in [3.8, 4) is 5.75 Å². The molecule has 25 heavy (non-hydrogen) atoms. The van der Waals surface area contributed by atoms with Crippen molar-refractivity contribution in [2.75, 3.05) is 13.1 Å². The van der Waals surface area contributed by atoms with Crippen LogP contribution in [0.5, 0.6) is 5.75 Å². The van der Waals surface area contributed by atoms with Crippen molar-refractivity contribution in [3.63, 3.8) is 0 Å². The molecule has 2 aromatic rings. The number of aryl methyl sites for hydroxylation is 1. The van der Waals surface area contributed by atoms with Gasteiger partial charge in [0.05, 0.1) is 5.56 Å². The van der Waals surface area contributed by atoms with Crippen molar-refractivity contribution in [1.82, 2.24) is 4.90 Å². The summed E-state index contributed by atoms with van der Waals surface area (Å²) in [6.07, 6.45) is 2.40. The van der Waals surface area contributed by atoms with E-state index in [0.29, 0.717) is 6.61 Å². The molecule has 0 N–H and O–H groups in total. The van der Waals surface area contributed by atoms with Gasteiger partial charge < -0.3 is 9.64 Å². The van der Waals surface area contributed by atoms with Crippen LogP contribution < -0.4 is 4.74 Å². The molecule has 1 saturated heterocycles. The molecule has 0 aromatic heterocycles. The number of thiocarbonyl (C=S) groups is 1. The van der Waals surface area contributed by atoms with Gasteiger partial charge in [0.25, 0.3) is 0 Å². The molecule has 0 bridgehead atoms. The van der Waals surface area contributed by atoms with Crippen molar-refractivity contribution in [1.29, 1.82) is 0 Å². The Morgan fingerprint density at radius 2 is 1.84 bits per heavy atom. The van der Waals surface area contributed by atoms with Crippen LogP contribution in [0, 0.1) is 12.8 Å². The summed E-state index contributed by atoms with van der Waals surface area (Å²) in [4.78, 5) is 3.21. The highest BCUT2D eigenvalue weighted by atomic mass is 79.9. The van der Waals surface area contributed by atoms with Crippen LogP contribution in [0.15, 0.2) is 46.9 Å². The lowest BCUT2D eigenvalue weighted by Gasteiger charge is -2.33.